The third kappa shape index (κ3) is 4.72. The molecule has 0 fully saturated rings. The quantitative estimate of drug-likeness (QED) is 0.558. The normalized spacial score (nSPS) is 22.5. The molecule has 152 valence electrons. The molecule has 1 atom stereocenters. The van der Waals surface area contributed by atoms with E-state index in [4.69, 9.17) is 0 Å². The first-order chi connectivity index (χ1) is 13.9. The molecule has 0 N–H and O–H groups in total. The van der Waals surface area contributed by atoms with E-state index in [0.29, 0.717) is 0 Å². The Kier molecular flexibility index (Phi) is 6.47. The van der Waals surface area contributed by atoms with Gasteiger partial charge in [0.25, 0.3) is 0 Å². The van der Waals surface area contributed by atoms with Gasteiger partial charge in [0.1, 0.15) is 0 Å². The second-order valence-electron chi connectivity index (χ2n) is 8.80. The summed E-state index contributed by atoms with van der Waals surface area (Å²) in [4.78, 5) is 0. The van der Waals surface area contributed by atoms with Crippen molar-refractivity contribution >= 4 is 24.3 Å². The van der Waals surface area contributed by atoms with Gasteiger partial charge in [-0.15, -0.1) is 0 Å². The van der Waals surface area contributed by atoms with Crippen LogP contribution in [0.3, 0.4) is 0 Å². The molecule has 0 aliphatic heterocycles. The maximum atomic E-state index is 2.49. The van der Waals surface area contributed by atoms with Crippen LogP contribution in [-0.2, 0) is 7.05 Å². The Balaban J connectivity index is 1.92. The largest absolute Gasteiger partial charge is 0.344 e. The molecule has 1 nitrogen and oxygen atoms in total. The number of allylic oxidation sites excluding steroid dienone is 10. The first kappa shape index (κ1) is 21.2. The lowest BCUT2D eigenvalue weighted by Crippen LogP contribution is -2.30. The van der Waals surface area contributed by atoms with Crippen LogP contribution in [0.2, 0.25) is 0 Å². The van der Waals surface area contributed by atoms with E-state index in [9.17, 15) is 0 Å². The van der Waals surface area contributed by atoms with E-state index in [2.05, 4.69) is 124 Å². The van der Waals surface area contributed by atoms with Gasteiger partial charge in [-0.05, 0) is 38.8 Å². The number of nitrogens with zero attached hydrogens (tertiary/aromatic N) is 1. The van der Waals surface area contributed by atoms with Crippen LogP contribution in [0.4, 0.5) is 0 Å². The molecular weight excluding hydrogens is 350 g/mol. The highest BCUT2D eigenvalue weighted by molar-refractivity contribution is 5.67. The summed E-state index contributed by atoms with van der Waals surface area (Å²) in [5, 5.41) is 2.65. The van der Waals surface area contributed by atoms with Crippen LogP contribution >= 0.6 is 0 Å². The lowest BCUT2D eigenvalue weighted by Gasteiger charge is -2.26. The van der Waals surface area contributed by atoms with Crippen molar-refractivity contribution in [3.8, 4) is 0 Å². The number of hydrogen-bond acceptors (Lipinski definition) is 0. The molecule has 29 heavy (non-hydrogen) atoms. The Hall–Kier alpha value is -2.54. The molecule has 0 amide bonds. The SMILES string of the molecule is C/C=C\c1c(/C=C\C)n(C)c2c1=CC(C)(CCCC1(C)C=CC=CC=C1)C=CC=2. The second kappa shape index (κ2) is 8.86. The fourth-order valence-corrected chi connectivity index (χ4v) is 4.47. The highest BCUT2D eigenvalue weighted by Crippen LogP contribution is 2.34. The van der Waals surface area contributed by atoms with Crippen molar-refractivity contribution in [2.45, 2.75) is 47.0 Å². The first-order valence-corrected chi connectivity index (χ1v) is 10.8. The van der Waals surface area contributed by atoms with Crippen LogP contribution < -0.4 is 10.6 Å². The van der Waals surface area contributed by atoms with E-state index in [0.717, 1.165) is 12.8 Å². The van der Waals surface area contributed by atoms with E-state index in [1.165, 1.54) is 28.2 Å². The fraction of sp³-hybridized carbons (Fsp3) is 0.357. The maximum absolute atomic E-state index is 2.49. The Bertz CT molecular complexity index is 1020. The monoisotopic (exact) mass is 385 g/mol. The van der Waals surface area contributed by atoms with Crippen LogP contribution in [0.5, 0.6) is 0 Å². The molecule has 0 radical (unpaired) electrons. The van der Waals surface area contributed by atoms with Crippen LogP contribution in [0.1, 0.15) is 58.2 Å². The van der Waals surface area contributed by atoms with Gasteiger partial charge in [0.2, 0.25) is 0 Å². The zero-order valence-corrected chi connectivity index (χ0v) is 18.7. The molecule has 1 unspecified atom stereocenters. The van der Waals surface area contributed by atoms with Gasteiger partial charge >= 0.3 is 0 Å². The molecule has 1 aromatic heterocycles. The van der Waals surface area contributed by atoms with Crippen molar-refractivity contribution in [2.75, 3.05) is 0 Å². The average molecular weight is 386 g/mol. The van der Waals surface area contributed by atoms with E-state index in [-0.39, 0.29) is 10.8 Å². The molecule has 0 saturated heterocycles. The zero-order valence-electron chi connectivity index (χ0n) is 18.7. The Morgan fingerprint density at radius 2 is 1.45 bits per heavy atom. The van der Waals surface area contributed by atoms with Crippen LogP contribution in [-0.4, -0.2) is 4.57 Å². The number of fused-ring (bicyclic) bond motifs is 1. The van der Waals surface area contributed by atoms with Crippen molar-refractivity contribution < 1.29 is 0 Å². The highest BCUT2D eigenvalue weighted by Gasteiger charge is 2.23. The summed E-state index contributed by atoms with van der Waals surface area (Å²) in [6, 6.07) is 0. The number of hydrogen-bond donors (Lipinski definition) is 0. The second-order valence-corrected chi connectivity index (χ2v) is 8.80. The summed E-state index contributed by atoms with van der Waals surface area (Å²) in [5.74, 6) is 0. The van der Waals surface area contributed by atoms with Crippen LogP contribution in [0.15, 0.2) is 60.8 Å². The van der Waals surface area contributed by atoms with E-state index in [1.807, 2.05) is 0 Å². The predicted molar refractivity (Wildman–Crippen MR) is 130 cm³/mol. The molecule has 3 rings (SSSR count). The smallest absolute Gasteiger partial charge is 0.0485 e. The van der Waals surface area contributed by atoms with E-state index < -0.39 is 0 Å². The van der Waals surface area contributed by atoms with Gasteiger partial charge in [-0.25, -0.2) is 0 Å². The van der Waals surface area contributed by atoms with Crippen molar-refractivity contribution in [3.63, 3.8) is 0 Å². The summed E-state index contributed by atoms with van der Waals surface area (Å²) in [7, 11) is 2.17. The van der Waals surface area contributed by atoms with Gasteiger partial charge in [0.05, 0.1) is 0 Å². The summed E-state index contributed by atoms with van der Waals surface area (Å²) >= 11 is 0. The minimum Gasteiger partial charge on any atom is -0.344 e. The lowest BCUT2D eigenvalue weighted by molar-refractivity contribution is 0.417. The topological polar surface area (TPSA) is 4.93 Å². The van der Waals surface area contributed by atoms with Gasteiger partial charge in [-0.2, -0.15) is 0 Å². The molecule has 1 aromatic rings. The molecule has 2 aliphatic carbocycles. The molecule has 0 bridgehead atoms. The van der Waals surface area contributed by atoms with Gasteiger partial charge in [-0.1, -0.05) is 93.2 Å². The molecule has 0 aromatic carbocycles. The lowest BCUT2D eigenvalue weighted by atomic mass is 9.78. The molecule has 0 saturated carbocycles. The maximum Gasteiger partial charge on any atom is 0.0485 e. The third-order valence-electron chi connectivity index (χ3n) is 6.15. The minimum atomic E-state index is 0.0550. The van der Waals surface area contributed by atoms with Crippen LogP contribution in [0.25, 0.3) is 24.3 Å². The Labute approximate surface area is 176 Å². The molecule has 1 heteroatoms. The van der Waals surface area contributed by atoms with Gasteiger partial charge in [0, 0.05) is 39.7 Å². The molecule has 1 heterocycles. The summed E-state index contributed by atoms with van der Waals surface area (Å²) < 4.78 is 2.31. The molecule has 2 aliphatic rings. The van der Waals surface area contributed by atoms with Crippen molar-refractivity contribution in [2.24, 2.45) is 17.9 Å². The fourth-order valence-electron chi connectivity index (χ4n) is 4.47. The Morgan fingerprint density at radius 1 is 0.828 bits per heavy atom. The zero-order chi connectivity index (χ0) is 20.9. The molecule has 0 spiro atoms. The standard InChI is InChI=1S/C28H35N/c1-6-14-23-24-22-28(4,19-12-16-26(24)29(5)25(23)15-7-2)21-13-20-27(3)17-10-8-9-11-18-27/h6-12,14-19,22H,13,20-21H2,1-5H3/b14-6-,15-7-. The van der Waals surface area contributed by atoms with E-state index in [1.54, 1.807) is 0 Å². The average Bonchev–Trinajstić information content (AvgIpc) is 2.88. The molecular formula is C28H35N. The Morgan fingerprint density at radius 3 is 2.10 bits per heavy atom. The highest BCUT2D eigenvalue weighted by atomic mass is 14.9. The van der Waals surface area contributed by atoms with Gasteiger partial charge in [0.15, 0.2) is 0 Å². The predicted octanol–water partition coefficient (Wildman–Crippen LogP) is 6.09. The van der Waals surface area contributed by atoms with Crippen molar-refractivity contribution in [1.29, 1.82) is 0 Å². The number of aromatic nitrogens is 1. The summed E-state index contributed by atoms with van der Waals surface area (Å²) in [6.45, 7) is 8.89. The minimum absolute atomic E-state index is 0.0550. The summed E-state index contributed by atoms with van der Waals surface area (Å²) in [6.07, 6.45) is 34.9. The number of rotatable bonds is 6. The first-order valence-electron chi connectivity index (χ1n) is 10.8. The van der Waals surface area contributed by atoms with E-state index >= 15 is 0 Å². The van der Waals surface area contributed by atoms with Crippen molar-refractivity contribution in [1.82, 2.24) is 4.57 Å². The third-order valence-corrected chi connectivity index (χ3v) is 6.15. The van der Waals surface area contributed by atoms with Gasteiger partial charge in [-0.3, -0.25) is 0 Å². The summed E-state index contributed by atoms with van der Waals surface area (Å²) in [5.41, 5.74) is 2.80. The van der Waals surface area contributed by atoms with Crippen molar-refractivity contribution in [3.05, 3.63) is 82.6 Å². The van der Waals surface area contributed by atoms with Gasteiger partial charge < -0.3 is 4.57 Å². The van der Waals surface area contributed by atoms with Crippen LogP contribution in [0, 0.1) is 10.8 Å².